The third kappa shape index (κ3) is 4.66. The molecule has 0 radical (unpaired) electrons. The minimum Gasteiger partial charge on any atom is -0.503 e. The molecule has 3 heterocycles. The largest absolute Gasteiger partial charge is 0.503 e. The van der Waals surface area contributed by atoms with Gasteiger partial charge < -0.3 is 9.84 Å². The first-order valence-electron chi connectivity index (χ1n) is 10.8. The molecule has 0 aliphatic carbocycles. The number of ketones is 1. The van der Waals surface area contributed by atoms with E-state index in [2.05, 4.69) is 16.5 Å². The first-order chi connectivity index (χ1) is 17.5. The number of carbonyl (C=O) groups is 3. The first-order valence-corrected chi connectivity index (χ1v) is 12.4. The minimum atomic E-state index is -1.25. The standard InChI is InChI=1S/C24H20N4O7S2/c1-5-9-35-23(32)21-12(3)26-24(37-21)27-17(14-7-6-8-15(10-14)28(33)34)16(19(30)22(27)31)18(29)20-11(2)25-13(4)36-20/h5-8,10,17,30H,1,9H2,2-4H3. The Morgan fingerprint density at radius 3 is 2.54 bits per heavy atom. The topological polar surface area (TPSA) is 153 Å². The molecule has 1 unspecified atom stereocenters. The minimum absolute atomic E-state index is 0.0103. The van der Waals surface area contributed by atoms with Gasteiger partial charge in [0, 0.05) is 12.1 Å². The highest BCUT2D eigenvalue weighted by Crippen LogP contribution is 2.45. The van der Waals surface area contributed by atoms with Crippen molar-refractivity contribution in [3.63, 3.8) is 0 Å². The number of aromatic nitrogens is 2. The van der Waals surface area contributed by atoms with E-state index in [1.807, 2.05) is 0 Å². The van der Waals surface area contributed by atoms with Gasteiger partial charge in [0.25, 0.3) is 11.6 Å². The van der Waals surface area contributed by atoms with Crippen LogP contribution >= 0.6 is 22.7 Å². The van der Waals surface area contributed by atoms with Gasteiger partial charge in [0.2, 0.25) is 5.78 Å². The van der Waals surface area contributed by atoms with E-state index < -0.39 is 34.4 Å². The van der Waals surface area contributed by atoms with Crippen LogP contribution in [0.15, 0.2) is 48.3 Å². The number of nitrogens with zero attached hydrogens (tertiary/aromatic N) is 4. The van der Waals surface area contributed by atoms with Crippen LogP contribution in [0.25, 0.3) is 0 Å². The lowest BCUT2D eigenvalue weighted by atomic mass is 9.95. The molecule has 1 N–H and O–H groups in total. The Bertz CT molecular complexity index is 1500. The number of hydrogen-bond acceptors (Lipinski definition) is 11. The monoisotopic (exact) mass is 540 g/mol. The summed E-state index contributed by atoms with van der Waals surface area (Å²) < 4.78 is 5.08. The number of rotatable bonds is 8. The Kier molecular flexibility index (Phi) is 7.01. The lowest BCUT2D eigenvalue weighted by Gasteiger charge is -2.24. The summed E-state index contributed by atoms with van der Waals surface area (Å²) in [6.45, 7) is 8.38. The number of aliphatic hydroxyl groups is 1. The number of benzene rings is 1. The summed E-state index contributed by atoms with van der Waals surface area (Å²) in [5.74, 6) is -3.05. The molecule has 1 atom stereocenters. The summed E-state index contributed by atoms with van der Waals surface area (Å²) in [6.07, 6.45) is 1.40. The predicted molar refractivity (Wildman–Crippen MR) is 136 cm³/mol. The van der Waals surface area contributed by atoms with Crippen molar-refractivity contribution in [1.82, 2.24) is 9.97 Å². The highest BCUT2D eigenvalue weighted by Gasteiger charge is 2.47. The predicted octanol–water partition coefficient (Wildman–Crippen LogP) is 4.56. The molecule has 1 aliphatic rings. The van der Waals surface area contributed by atoms with Gasteiger partial charge in [-0.15, -0.1) is 11.3 Å². The van der Waals surface area contributed by atoms with Gasteiger partial charge in [-0.3, -0.25) is 24.6 Å². The molecule has 1 amide bonds. The van der Waals surface area contributed by atoms with Crippen LogP contribution in [0, 0.1) is 30.9 Å². The number of hydrogen-bond donors (Lipinski definition) is 1. The molecule has 0 saturated carbocycles. The van der Waals surface area contributed by atoms with Gasteiger partial charge in [-0.25, -0.2) is 14.8 Å². The number of nitro benzene ring substituents is 1. The highest BCUT2D eigenvalue weighted by atomic mass is 32.1. The van der Waals surface area contributed by atoms with Crippen molar-refractivity contribution in [2.75, 3.05) is 11.5 Å². The zero-order valence-electron chi connectivity index (χ0n) is 19.9. The van der Waals surface area contributed by atoms with Crippen LogP contribution in [-0.4, -0.2) is 44.3 Å². The van der Waals surface area contributed by atoms with Crippen molar-refractivity contribution in [3.8, 4) is 0 Å². The third-order valence-electron chi connectivity index (χ3n) is 5.47. The molecule has 37 heavy (non-hydrogen) atoms. The Balaban J connectivity index is 1.88. The van der Waals surface area contributed by atoms with E-state index >= 15 is 0 Å². The van der Waals surface area contributed by atoms with E-state index in [1.54, 1.807) is 20.8 Å². The molecule has 0 spiro atoms. The van der Waals surface area contributed by atoms with Gasteiger partial charge in [-0.2, -0.15) is 0 Å². The molecule has 0 fully saturated rings. The average Bonchev–Trinajstić information content (AvgIpc) is 3.49. The highest BCUT2D eigenvalue weighted by molar-refractivity contribution is 7.17. The second kappa shape index (κ2) is 10.0. The summed E-state index contributed by atoms with van der Waals surface area (Å²) >= 11 is 1.95. The molecule has 3 aromatic rings. The van der Waals surface area contributed by atoms with Crippen LogP contribution in [0.3, 0.4) is 0 Å². The van der Waals surface area contributed by atoms with E-state index in [-0.39, 0.29) is 44.0 Å². The number of ether oxygens (including phenoxy) is 1. The summed E-state index contributed by atoms with van der Waals surface area (Å²) in [5, 5.41) is 23.0. The zero-order valence-corrected chi connectivity index (χ0v) is 21.5. The molecule has 190 valence electrons. The van der Waals surface area contributed by atoms with Crippen LogP contribution in [0.1, 0.15) is 47.3 Å². The fourth-order valence-electron chi connectivity index (χ4n) is 3.90. The smallest absolute Gasteiger partial charge is 0.350 e. The molecule has 2 aromatic heterocycles. The quantitative estimate of drug-likeness (QED) is 0.142. The first kappa shape index (κ1) is 25.9. The Morgan fingerprint density at radius 2 is 1.92 bits per heavy atom. The molecular formula is C24H20N4O7S2. The number of esters is 1. The summed E-state index contributed by atoms with van der Waals surface area (Å²) in [7, 11) is 0. The van der Waals surface area contributed by atoms with Crippen molar-refractivity contribution in [1.29, 1.82) is 0 Å². The number of Topliss-reactive ketones (excluding diaryl/α,β-unsaturated/α-hetero) is 1. The van der Waals surface area contributed by atoms with Crippen molar-refractivity contribution in [2.45, 2.75) is 26.8 Å². The molecule has 13 heteroatoms. The van der Waals surface area contributed by atoms with Crippen molar-refractivity contribution in [3.05, 3.63) is 90.1 Å². The maximum absolute atomic E-state index is 13.7. The Hall–Kier alpha value is -4.23. The number of anilines is 1. The number of aliphatic hydroxyl groups excluding tert-OH is 1. The van der Waals surface area contributed by atoms with E-state index in [0.717, 1.165) is 27.6 Å². The zero-order chi connectivity index (χ0) is 27.0. The number of carbonyl (C=O) groups excluding carboxylic acids is 3. The fourth-order valence-corrected chi connectivity index (χ4v) is 5.76. The van der Waals surface area contributed by atoms with Crippen LogP contribution in [-0.2, 0) is 9.53 Å². The lowest BCUT2D eigenvalue weighted by molar-refractivity contribution is -0.384. The van der Waals surface area contributed by atoms with Gasteiger partial charge >= 0.3 is 5.97 Å². The van der Waals surface area contributed by atoms with E-state index in [4.69, 9.17) is 4.74 Å². The summed E-state index contributed by atoms with van der Waals surface area (Å²) in [6, 6.07) is 4.17. The van der Waals surface area contributed by atoms with Gasteiger partial charge in [-0.1, -0.05) is 36.1 Å². The molecule has 11 nitrogen and oxygen atoms in total. The van der Waals surface area contributed by atoms with Crippen molar-refractivity contribution < 1.29 is 29.2 Å². The molecular weight excluding hydrogens is 520 g/mol. The molecule has 0 saturated heterocycles. The third-order valence-corrected chi connectivity index (χ3v) is 7.68. The molecule has 1 aliphatic heterocycles. The van der Waals surface area contributed by atoms with Crippen molar-refractivity contribution >= 4 is 51.2 Å². The molecule has 4 rings (SSSR count). The number of nitro groups is 1. The second-order valence-corrected chi connectivity index (χ2v) is 10.1. The maximum Gasteiger partial charge on any atom is 0.350 e. The van der Waals surface area contributed by atoms with Crippen LogP contribution < -0.4 is 4.90 Å². The van der Waals surface area contributed by atoms with E-state index in [0.29, 0.717) is 10.7 Å². The Labute approximate surface area is 218 Å². The lowest BCUT2D eigenvalue weighted by Crippen LogP contribution is -2.31. The van der Waals surface area contributed by atoms with Gasteiger partial charge in [0.15, 0.2) is 10.9 Å². The van der Waals surface area contributed by atoms with Crippen LogP contribution in [0.5, 0.6) is 0 Å². The molecule has 1 aromatic carbocycles. The van der Waals surface area contributed by atoms with E-state index in [1.165, 1.54) is 30.3 Å². The van der Waals surface area contributed by atoms with Crippen LogP contribution in [0.2, 0.25) is 0 Å². The number of non-ortho nitro benzene ring substituents is 1. The number of thiazole rings is 2. The SMILES string of the molecule is C=CCOC(=O)c1sc(N2C(=O)C(O)=C(C(=O)c3sc(C)nc3C)C2c2cccc([N+](=O)[O-])c2)nc1C. The average molecular weight is 541 g/mol. The van der Waals surface area contributed by atoms with Crippen LogP contribution in [0.4, 0.5) is 10.8 Å². The Morgan fingerprint density at radius 1 is 1.22 bits per heavy atom. The summed E-state index contributed by atoms with van der Waals surface area (Å²) in [5.41, 5.74) is 0.372. The maximum atomic E-state index is 13.7. The number of amides is 1. The second-order valence-electron chi connectivity index (χ2n) is 7.97. The molecule has 0 bridgehead atoms. The van der Waals surface area contributed by atoms with E-state index in [9.17, 15) is 29.6 Å². The normalized spacial score (nSPS) is 15.3. The van der Waals surface area contributed by atoms with Gasteiger partial charge in [-0.05, 0) is 26.3 Å². The fraction of sp³-hybridized carbons (Fsp3) is 0.208. The number of aryl methyl sites for hydroxylation is 3. The van der Waals surface area contributed by atoms with Crippen molar-refractivity contribution in [2.24, 2.45) is 0 Å². The van der Waals surface area contributed by atoms with Gasteiger partial charge in [0.1, 0.15) is 11.5 Å². The van der Waals surface area contributed by atoms with Gasteiger partial charge in [0.05, 0.1) is 37.8 Å². The summed E-state index contributed by atoms with van der Waals surface area (Å²) in [4.78, 5) is 60.3.